The lowest BCUT2D eigenvalue weighted by Crippen LogP contribution is -2.53. The Morgan fingerprint density at radius 1 is 1.05 bits per heavy atom. The Balaban J connectivity index is 1.65. The zero-order valence-corrected chi connectivity index (χ0v) is 12.9. The molecule has 0 saturated heterocycles. The van der Waals surface area contributed by atoms with E-state index in [0.717, 1.165) is 19.3 Å². The smallest absolute Gasteiger partial charge is 0.263 e. The zero-order chi connectivity index (χ0) is 16.2. The largest absolute Gasteiger partial charge is 0.308 e. The van der Waals surface area contributed by atoms with Gasteiger partial charge in [0.2, 0.25) is 0 Å². The predicted octanol–water partition coefficient (Wildman–Crippen LogP) is 3.59. The molecule has 4 saturated carbocycles. The van der Waals surface area contributed by atoms with Crippen LogP contribution in [0, 0.1) is 17.8 Å². The molecule has 22 heavy (non-hydrogen) atoms. The molecule has 0 aromatic carbocycles. The van der Waals surface area contributed by atoms with Crippen LogP contribution in [0.2, 0.25) is 0 Å². The van der Waals surface area contributed by atoms with E-state index in [0.29, 0.717) is 37.0 Å². The van der Waals surface area contributed by atoms with E-state index in [1.165, 1.54) is 0 Å². The number of rotatable bonds is 6. The average Bonchev–Trinajstić information content (AvgIpc) is 2.33. The molecule has 0 atom stereocenters. The SMILES string of the molecule is O=S(=O)(CCC(F)(F)C(F)F)OC12CC3CC(CC(C3)C1)C2. The quantitative estimate of drug-likeness (QED) is 0.546. The number of alkyl halides is 4. The van der Waals surface area contributed by atoms with Gasteiger partial charge in [0.15, 0.2) is 0 Å². The fourth-order valence-electron chi connectivity index (χ4n) is 4.81. The van der Waals surface area contributed by atoms with E-state index in [-0.39, 0.29) is 0 Å². The first-order valence-electron chi connectivity index (χ1n) is 7.68. The molecule has 0 heterocycles. The molecule has 4 aliphatic carbocycles. The Morgan fingerprint density at radius 2 is 1.50 bits per heavy atom. The highest BCUT2D eigenvalue weighted by Crippen LogP contribution is 2.57. The summed E-state index contributed by atoms with van der Waals surface area (Å²) in [7, 11) is -4.22. The van der Waals surface area contributed by atoms with Gasteiger partial charge in [-0.3, -0.25) is 4.18 Å². The summed E-state index contributed by atoms with van der Waals surface area (Å²) in [6, 6.07) is 0. The normalized spacial score (nSPS) is 38.0. The third kappa shape index (κ3) is 3.27. The molecular formula is C14H20F4O3S. The Labute approximate surface area is 127 Å². The molecule has 0 unspecified atom stereocenters. The van der Waals surface area contributed by atoms with Crippen LogP contribution in [0.4, 0.5) is 17.6 Å². The van der Waals surface area contributed by atoms with Gasteiger partial charge >= 0.3 is 12.3 Å². The lowest BCUT2D eigenvalue weighted by atomic mass is 9.54. The van der Waals surface area contributed by atoms with Gasteiger partial charge < -0.3 is 0 Å². The second-order valence-electron chi connectivity index (χ2n) is 7.26. The Bertz CT molecular complexity index is 497. The molecule has 4 fully saturated rings. The van der Waals surface area contributed by atoms with E-state index < -0.39 is 40.2 Å². The molecule has 0 aliphatic heterocycles. The Hall–Kier alpha value is -0.370. The molecule has 128 valence electrons. The fourth-order valence-corrected chi connectivity index (χ4v) is 6.16. The first kappa shape index (κ1) is 16.5. The van der Waals surface area contributed by atoms with Crippen molar-refractivity contribution < 1.29 is 30.2 Å². The van der Waals surface area contributed by atoms with Crippen molar-refractivity contribution in [2.24, 2.45) is 17.8 Å². The van der Waals surface area contributed by atoms with Gasteiger partial charge in [0.1, 0.15) is 0 Å². The second-order valence-corrected chi connectivity index (χ2v) is 8.95. The van der Waals surface area contributed by atoms with Gasteiger partial charge in [0, 0.05) is 6.42 Å². The average molecular weight is 344 g/mol. The van der Waals surface area contributed by atoms with Crippen LogP contribution in [0.1, 0.15) is 44.9 Å². The second kappa shape index (κ2) is 5.33. The van der Waals surface area contributed by atoms with E-state index in [9.17, 15) is 26.0 Å². The molecule has 8 heteroatoms. The first-order valence-corrected chi connectivity index (χ1v) is 9.26. The minimum atomic E-state index is -4.29. The maximum absolute atomic E-state index is 12.9. The summed E-state index contributed by atoms with van der Waals surface area (Å²) in [5.74, 6) is -4.01. The lowest BCUT2D eigenvalue weighted by Gasteiger charge is -2.55. The topological polar surface area (TPSA) is 43.4 Å². The van der Waals surface area contributed by atoms with E-state index in [1.54, 1.807) is 0 Å². The molecule has 4 rings (SSSR count). The number of hydrogen-bond acceptors (Lipinski definition) is 3. The summed E-state index contributed by atoms with van der Waals surface area (Å²) in [4.78, 5) is 0. The van der Waals surface area contributed by atoms with Crippen molar-refractivity contribution in [1.82, 2.24) is 0 Å². The summed E-state index contributed by atoms with van der Waals surface area (Å²) in [5.41, 5.74) is -0.770. The third-order valence-corrected chi connectivity index (χ3v) is 6.60. The highest BCUT2D eigenvalue weighted by molar-refractivity contribution is 7.86. The summed E-state index contributed by atoms with van der Waals surface area (Å²) in [5, 5.41) is 0. The van der Waals surface area contributed by atoms with Crippen LogP contribution in [0.15, 0.2) is 0 Å². The van der Waals surface area contributed by atoms with Crippen molar-refractivity contribution in [3.8, 4) is 0 Å². The van der Waals surface area contributed by atoms with Gasteiger partial charge in [-0.15, -0.1) is 0 Å². The van der Waals surface area contributed by atoms with Gasteiger partial charge in [0.05, 0.1) is 11.4 Å². The summed E-state index contributed by atoms with van der Waals surface area (Å²) >= 11 is 0. The monoisotopic (exact) mass is 344 g/mol. The molecule has 4 aliphatic rings. The maximum Gasteiger partial charge on any atom is 0.308 e. The molecule has 0 aromatic heterocycles. The standard InChI is InChI=1S/C14H20F4O3S/c15-12(16)14(17,18)1-2-22(19,20)21-13-6-9-3-10(7-13)5-11(4-9)8-13/h9-12H,1-8H2. The van der Waals surface area contributed by atoms with Crippen molar-refractivity contribution in [3.05, 3.63) is 0 Å². The summed E-state index contributed by atoms with van der Waals surface area (Å²) in [6.07, 6.45) is -0.0673. The fraction of sp³-hybridized carbons (Fsp3) is 1.00. The van der Waals surface area contributed by atoms with Crippen LogP contribution in [-0.2, 0) is 14.3 Å². The number of hydrogen-bond donors (Lipinski definition) is 0. The number of halogens is 4. The van der Waals surface area contributed by atoms with E-state index >= 15 is 0 Å². The lowest BCUT2D eigenvalue weighted by molar-refractivity contribution is -0.130. The van der Waals surface area contributed by atoms with Crippen LogP contribution in [0.5, 0.6) is 0 Å². The Kier molecular flexibility index (Phi) is 3.99. The highest BCUT2D eigenvalue weighted by atomic mass is 32.2. The zero-order valence-electron chi connectivity index (χ0n) is 12.1. The highest BCUT2D eigenvalue weighted by Gasteiger charge is 2.54. The van der Waals surface area contributed by atoms with E-state index in [2.05, 4.69) is 0 Å². The van der Waals surface area contributed by atoms with Crippen LogP contribution >= 0.6 is 0 Å². The van der Waals surface area contributed by atoms with E-state index in [1.807, 2.05) is 0 Å². The minimum absolute atomic E-state index is 0.448. The summed E-state index contributed by atoms with van der Waals surface area (Å²) < 4.78 is 79.3. The third-order valence-electron chi connectivity index (χ3n) is 5.29. The van der Waals surface area contributed by atoms with E-state index in [4.69, 9.17) is 4.18 Å². The maximum atomic E-state index is 12.9. The van der Waals surface area contributed by atoms with Crippen LogP contribution in [0.25, 0.3) is 0 Å². The molecule has 0 N–H and O–H groups in total. The van der Waals surface area contributed by atoms with Gasteiger partial charge in [-0.05, 0) is 56.3 Å². The molecule has 3 nitrogen and oxygen atoms in total. The van der Waals surface area contributed by atoms with Gasteiger partial charge in [-0.2, -0.15) is 8.42 Å². The molecule has 4 bridgehead atoms. The van der Waals surface area contributed by atoms with Gasteiger partial charge in [0.25, 0.3) is 10.1 Å². The van der Waals surface area contributed by atoms with Crippen LogP contribution < -0.4 is 0 Å². The molecule has 0 spiro atoms. The van der Waals surface area contributed by atoms with Crippen molar-refractivity contribution in [2.75, 3.05) is 5.75 Å². The van der Waals surface area contributed by atoms with Crippen LogP contribution in [0.3, 0.4) is 0 Å². The Morgan fingerprint density at radius 3 is 1.91 bits per heavy atom. The predicted molar refractivity (Wildman–Crippen MR) is 71.3 cm³/mol. The van der Waals surface area contributed by atoms with Crippen molar-refractivity contribution >= 4 is 10.1 Å². The molecule has 0 aromatic rings. The molecular weight excluding hydrogens is 324 g/mol. The first-order chi connectivity index (χ1) is 10.1. The molecule has 0 radical (unpaired) electrons. The van der Waals surface area contributed by atoms with Crippen molar-refractivity contribution in [1.29, 1.82) is 0 Å². The van der Waals surface area contributed by atoms with Crippen molar-refractivity contribution in [2.45, 2.75) is 62.9 Å². The minimum Gasteiger partial charge on any atom is -0.263 e. The van der Waals surface area contributed by atoms with Crippen LogP contribution in [-0.4, -0.2) is 32.1 Å². The van der Waals surface area contributed by atoms with Gasteiger partial charge in [-0.1, -0.05) is 0 Å². The van der Waals surface area contributed by atoms with Crippen molar-refractivity contribution in [3.63, 3.8) is 0 Å². The van der Waals surface area contributed by atoms with Gasteiger partial charge in [-0.25, -0.2) is 17.6 Å². The molecule has 0 amide bonds. The summed E-state index contributed by atoms with van der Waals surface area (Å²) in [6.45, 7) is 0.